The molecule has 3 atom stereocenters. The first kappa shape index (κ1) is 21.7. The van der Waals surface area contributed by atoms with E-state index >= 15 is 0 Å². The Morgan fingerprint density at radius 1 is 1.09 bits per heavy atom. The fraction of sp³-hybridized carbons (Fsp3) is 0.182. The molecule has 168 valence electrons. The van der Waals surface area contributed by atoms with Crippen molar-refractivity contribution < 1.29 is 19.5 Å². The van der Waals surface area contributed by atoms with Gasteiger partial charge in [-0.05, 0) is 30.3 Å². The van der Waals surface area contributed by atoms with Crippen LogP contribution in [-0.2, 0) is 20.9 Å². The maximum atomic E-state index is 12.9. The second-order valence-electron chi connectivity index (χ2n) is 7.63. The van der Waals surface area contributed by atoms with Crippen LogP contribution >= 0.6 is 34.7 Å². The molecular weight excluding hydrogens is 486 g/mol. The zero-order valence-corrected chi connectivity index (χ0v) is 19.2. The Morgan fingerprint density at radius 3 is 2.55 bits per heavy atom. The van der Waals surface area contributed by atoms with Crippen LogP contribution in [-0.4, -0.2) is 32.6 Å². The summed E-state index contributed by atoms with van der Waals surface area (Å²) in [4.78, 5) is 50.9. The van der Waals surface area contributed by atoms with Crippen LogP contribution in [0.15, 0.2) is 58.4 Å². The maximum absolute atomic E-state index is 12.9. The van der Waals surface area contributed by atoms with Crippen molar-refractivity contribution in [2.24, 2.45) is 5.92 Å². The molecule has 1 fully saturated rings. The van der Waals surface area contributed by atoms with Crippen LogP contribution < -0.4 is 15.5 Å². The van der Waals surface area contributed by atoms with E-state index in [0.29, 0.717) is 26.2 Å². The molecule has 1 aromatic heterocycles. The zero-order chi connectivity index (χ0) is 23.3. The molecule has 0 saturated carbocycles. The van der Waals surface area contributed by atoms with Crippen LogP contribution in [0, 0.1) is 5.92 Å². The number of carbonyl (C=O) groups excluding carboxylic acids is 3. The molecule has 5 rings (SSSR count). The molecule has 2 aromatic carbocycles. The Kier molecular flexibility index (Phi) is 5.51. The maximum Gasteiger partial charge on any atom is 0.308 e. The van der Waals surface area contributed by atoms with Crippen molar-refractivity contribution in [2.45, 2.75) is 22.7 Å². The van der Waals surface area contributed by atoms with Gasteiger partial charge in [0.05, 0.1) is 10.9 Å². The van der Waals surface area contributed by atoms with Gasteiger partial charge in [-0.3, -0.25) is 29.1 Å². The van der Waals surface area contributed by atoms with E-state index in [-0.39, 0.29) is 17.2 Å². The first-order valence-electron chi connectivity index (χ1n) is 9.91. The molecule has 11 heteroatoms. The van der Waals surface area contributed by atoms with Crippen molar-refractivity contribution in [1.29, 1.82) is 0 Å². The number of hydrogen-bond donors (Lipinski definition) is 3. The second kappa shape index (κ2) is 8.36. The Bertz CT molecular complexity index is 1350. The van der Waals surface area contributed by atoms with Crippen molar-refractivity contribution in [1.82, 2.24) is 9.88 Å². The zero-order valence-electron chi connectivity index (χ0n) is 16.8. The highest BCUT2D eigenvalue weighted by Gasteiger charge is 2.53. The first-order valence-corrected chi connectivity index (χ1v) is 12.0. The SMILES string of the molecule is O=C(Cn1c2c(sc1=O)[C@@H](c1ccccc1O)C1C(=O)NC(=O)C1S2)Nc1ccc(Cl)cc1. The van der Waals surface area contributed by atoms with E-state index in [4.69, 9.17) is 11.6 Å². The molecule has 0 bridgehead atoms. The van der Waals surface area contributed by atoms with Crippen molar-refractivity contribution >= 4 is 58.1 Å². The molecule has 3 N–H and O–H groups in total. The Hall–Kier alpha value is -3.08. The molecule has 1 saturated heterocycles. The molecule has 33 heavy (non-hydrogen) atoms. The number of carbonyl (C=O) groups is 3. The lowest BCUT2D eigenvalue weighted by atomic mass is 9.82. The highest BCUT2D eigenvalue weighted by Crippen LogP contribution is 2.52. The number of nitrogens with one attached hydrogen (secondary N) is 2. The quantitative estimate of drug-likeness (QED) is 0.473. The van der Waals surface area contributed by atoms with E-state index in [9.17, 15) is 24.3 Å². The lowest BCUT2D eigenvalue weighted by Crippen LogP contribution is -2.32. The number of thioether (sulfide) groups is 1. The highest BCUT2D eigenvalue weighted by atomic mass is 35.5. The summed E-state index contributed by atoms with van der Waals surface area (Å²) in [7, 11) is 0. The number of aromatic hydroxyl groups is 1. The second-order valence-corrected chi connectivity index (χ2v) is 10.2. The standard InChI is InChI=1S/C22H16ClN3O5S2/c23-10-5-7-11(8-6-10)24-14(28)9-26-21-18(33-22(26)31)15(12-3-1-2-4-13(12)27)16-17(32-21)20(30)25-19(16)29/h1-8,15-17,27H,9H2,(H,24,28)(H,25,29,30)/t15-,16?,17?/m0/s1. The van der Waals surface area contributed by atoms with Crippen LogP contribution in [0.2, 0.25) is 5.02 Å². The summed E-state index contributed by atoms with van der Waals surface area (Å²) < 4.78 is 1.31. The van der Waals surface area contributed by atoms with Crippen LogP contribution in [0.3, 0.4) is 0 Å². The van der Waals surface area contributed by atoms with E-state index in [0.717, 1.165) is 23.1 Å². The van der Waals surface area contributed by atoms with Crippen molar-refractivity contribution in [3.8, 4) is 5.75 Å². The van der Waals surface area contributed by atoms with Gasteiger partial charge in [-0.15, -0.1) is 0 Å². The predicted molar refractivity (Wildman–Crippen MR) is 125 cm³/mol. The van der Waals surface area contributed by atoms with Crippen LogP contribution in [0.25, 0.3) is 0 Å². The number of halogens is 1. The van der Waals surface area contributed by atoms with Crippen LogP contribution in [0.5, 0.6) is 5.75 Å². The Morgan fingerprint density at radius 2 is 1.82 bits per heavy atom. The number of hydrogen-bond acceptors (Lipinski definition) is 7. The van der Waals surface area contributed by atoms with Crippen LogP contribution in [0.1, 0.15) is 16.4 Å². The number of thiazole rings is 1. The number of fused-ring (bicyclic) bond motifs is 2. The molecule has 2 aliphatic heterocycles. The third-order valence-corrected chi connectivity index (χ3v) is 8.46. The number of phenols is 1. The van der Waals surface area contributed by atoms with E-state index in [2.05, 4.69) is 10.6 Å². The first-order chi connectivity index (χ1) is 15.8. The van der Waals surface area contributed by atoms with Crippen LogP contribution in [0.4, 0.5) is 5.69 Å². The fourth-order valence-electron chi connectivity index (χ4n) is 4.14. The van der Waals surface area contributed by atoms with Gasteiger partial charge in [0.2, 0.25) is 17.7 Å². The summed E-state index contributed by atoms with van der Waals surface area (Å²) in [5.74, 6) is -2.79. The van der Waals surface area contributed by atoms with E-state index in [1.807, 2.05) is 0 Å². The molecule has 0 radical (unpaired) electrons. The van der Waals surface area contributed by atoms with Gasteiger partial charge >= 0.3 is 4.87 Å². The normalized spacial score (nSPS) is 21.3. The van der Waals surface area contributed by atoms with Gasteiger partial charge < -0.3 is 10.4 Å². The number of imide groups is 1. The minimum Gasteiger partial charge on any atom is -0.508 e. The number of aromatic nitrogens is 1. The number of anilines is 1. The molecule has 3 aromatic rings. The average Bonchev–Trinajstić information content (AvgIpc) is 3.24. The monoisotopic (exact) mass is 501 g/mol. The number of benzene rings is 2. The number of para-hydroxylation sites is 1. The molecular formula is C22H16ClN3O5S2. The highest BCUT2D eigenvalue weighted by molar-refractivity contribution is 8.00. The number of phenolic OH excluding ortho intramolecular Hbond substituents is 1. The summed E-state index contributed by atoms with van der Waals surface area (Å²) in [5, 5.41) is 15.8. The molecule has 2 unspecified atom stereocenters. The van der Waals surface area contributed by atoms with E-state index in [1.54, 1.807) is 42.5 Å². The number of nitrogens with zero attached hydrogens (tertiary/aromatic N) is 1. The molecule has 0 spiro atoms. The smallest absolute Gasteiger partial charge is 0.308 e. The molecule has 3 heterocycles. The van der Waals surface area contributed by atoms with Gasteiger partial charge in [-0.1, -0.05) is 52.9 Å². The van der Waals surface area contributed by atoms with E-state index < -0.39 is 34.8 Å². The van der Waals surface area contributed by atoms with Gasteiger partial charge in [-0.2, -0.15) is 0 Å². The summed E-state index contributed by atoms with van der Waals surface area (Å²) in [6, 6.07) is 13.1. The lowest BCUT2D eigenvalue weighted by Gasteiger charge is -2.31. The van der Waals surface area contributed by atoms with Crippen molar-refractivity contribution in [3.05, 3.63) is 73.7 Å². The number of rotatable bonds is 4. The summed E-state index contributed by atoms with van der Waals surface area (Å²) in [5.41, 5.74) is 0.986. The largest absolute Gasteiger partial charge is 0.508 e. The topological polar surface area (TPSA) is 118 Å². The molecule has 2 aliphatic rings. The molecule has 8 nitrogen and oxygen atoms in total. The summed E-state index contributed by atoms with van der Waals surface area (Å²) in [6.07, 6.45) is 0. The Labute approximate surface area is 200 Å². The molecule has 0 aliphatic carbocycles. The third kappa shape index (κ3) is 3.84. The van der Waals surface area contributed by atoms with Gasteiger partial charge in [0.15, 0.2) is 0 Å². The fourth-order valence-corrected chi connectivity index (χ4v) is 7.00. The lowest BCUT2D eigenvalue weighted by molar-refractivity contribution is -0.126. The Balaban J connectivity index is 1.54. The van der Waals surface area contributed by atoms with E-state index in [1.165, 1.54) is 10.6 Å². The van der Waals surface area contributed by atoms with Gasteiger partial charge in [-0.25, -0.2) is 0 Å². The minimum absolute atomic E-state index is 0.0286. The summed E-state index contributed by atoms with van der Waals surface area (Å²) in [6.45, 7) is -0.263. The predicted octanol–water partition coefficient (Wildman–Crippen LogP) is 2.79. The third-order valence-electron chi connectivity index (χ3n) is 5.59. The average molecular weight is 502 g/mol. The summed E-state index contributed by atoms with van der Waals surface area (Å²) >= 11 is 7.89. The van der Waals surface area contributed by atoms with Gasteiger partial charge in [0, 0.05) is 27.1 Å². The molecule has 3 amide bonds. The van der Waals surface area contributed by atoms with Gasteiger partial charge in [0.25, 0.3) is 0 Å². The minimum atomic E-state index is -0.769. The van der Waals surface area contributed by atoms with Gasteiger partial charge in [0.1, 0.15) is 17.5 Å². The van der Waals surface area contributed by atoms with Crippen molar-refractivity contribution in [2.75, 3.05) is 5.32 Å². The number of amides is 3. The van der Waals surface area contributed by atoms with Crippen molar-refractivity contribution in [3.63, 3.8) is 0 Å².